The van der Waals surface area contributed by atoms with E-state index in [-0.39, 0.29) is 18.4 Å². The molecular formula is C19H28O5. The van der Waals surface area contributed by atoms with Crippen molar-refractivity contribution in [1.82, 2.24) is 0 Å². The average Bonchev–Trinajstić information content (AvgIpc) is 2.56. The van der Waals surface area contributed by atoms with Gasteiger partial charge in [0.1, 0.15) is 11.5 Å². The third-order valence-electron chi connectivity index (χ3n) is 3.49. The van der Waals surface area contributed by atoms with Crippen molar-refractivity contribution in [2.24, 2.45) is 5.92 Å². The molecule has 0 radical (unpaired) electrons. The number of hydrogen-bond acceptors (Lipinski definition) is 5. The standard InChI is InChI=1S/C19H28O5/c1-15(2)7-6-14-23-18(20)8-4-5-9-19(21)24-17-12-10-16(22-3)11-13-17/h10-13,15H,4-9,14H2,1-3H3. The van der Waals surface area contributed by atoms with Crippen LogP contribution in [0.2, 0.25) is 0 Å². The van der Waals surface area contributed by atoms with Crippen LogP contribution in [0.25, 0.3) is 0 Å². The third kappa shape index (κ3) is 9.18. The molecule has 0 aliphatic carbocycles. The minimum Gasteiger partial charge on any atom is -0.497 e. The van der Waals surface area contributed by atoms with Gasteiger partial charge in [-0.2, -0.15) is 0 Å². The molecule has 24 heavy (non-hydrogen) atoms. The predicted octanol–water partition coefficient (Wildman–Crippen LogP) is 4.14. The monoisotopic (exact) mass is 336 g/mol. The van der Waals surface area contributed by atoms with Gasteiger partial charge >= 0.3 is 11.9 Å². The van der Waals surface area contributed by atoms with Gasteiger partial charge in [0.2, 0.25) is 0 Å². The second-order valence-corrected chi connectivity index (χ2v) is 6.11. The number of methoxy groups -OCH3 is 1. The van der Waals surface area contributed by atoms with Crippen LogP contribution in [-0.4, -0.2) is 25.7 Å². The molecule has 0 spiro atoms. The summed E-state index contributed by atoms with van der Waals surface area (Å²) in [4.78, 5) is 23.3. The van der Waals surface area contributed by atoms with E-state index in [9.17, 15) is 9.59 Å². The lowest BCUT2D eigenvalue weighted by Gasteiger charge is -2.07. The van der Waals surface area contributed by atoms with Crippen molar-refractivity contribution >= 4 is 11.9 Å². The van der Waals surface area contributed by atoms with Crippen LogP contribution in [0.15, 0.2) is 24.3 Å². The molecule has 1 rings (SSSR count). The van der Waals surface area contributed by atoms with Crippen LogP contribution >= 0.6 is 0 Å². The van der Waals surface area contributed by atoms with Crippen LogP contribution in [0.1, 0.15) is 52.4 Å². The molecule has 5 nitrogen and oxygen atoms in total. The van der Waals surface area contributed by atoms with E-state index in [4.69, 9.17) is 14.2 Å². The van der Waals surface area contributed by atoms with E-state index in [2.05, 4.69) is 13.8 Å². The lowest BCUT2D eigenvalue weighted by atomic mass is 10.1. The van der Waals surface area contributed by atoms with Crippen LogP contribution in [0.3, 0.4) is 0 Å². The SMILES string of the molecule is COc1ccc(OC(=O)CCCCC(=O)OCCCC(C)C)cc1. The van der Waals surface area contributed by atoms with E-state index in [1.54, 1.807) is 31.4 Å². The summed E-state index contributed by atoms with van der Waals surface area (Å²) in [5.74, 6) is 1.33. The number of unbranched alkanes of at least 4 members (excludes halogenated alkanes) is 1. The number of carbonyl (C=O) groups excluding carboxylic acids is 2. The quantitative estimate of drug-likeness (QED) is 0.345. The van der Waals surface area contributed by atoms with Crippen molar-refractivity contribution in [3.05, 3.63) is 24.3 Å². The van der Waals surface area contributed by atoms with Crippen LogP contribution in [0, 0.1) is 5.92 Å². The molecule has 5 heteroatoms. The summed E-state index contributed by atoms with van der Waals surface area (Å²) in [6, 6.07) is 6.84. The number of benzene rings is 1. The second-order valence-electron chi connectivity index (χ2n) is 6.11. The maximum absolute atomic E-state index is 11.7. The summed E-state index contributed by atoms with van der Waals surface area (Å²) in [5, 5.41) is 0. The first-order valence-corrected chi connectivity index (χ1v) is 8.51. The van der Waals surface area contributed by atoms with Crippen molar-refractivity contribution in [3.63, 3.8) is 0 Å². The zero-order valence-corrected chi connectivity index (χ0v) is 14.9. The Balaban J connectivity index is 2.09. The number of rotatable bonds is 11. The second kappa shape index (κ2) is 11.5. The molecule has 0 saturated carbocycles. The molecule has 0 heterocycles. The van der Waals surface area contributed by atoms with Crippen molar-refractivity contribution < 1.29 is 23.8 Å². The summed E-state index contributed by atoms with van der Waals surface area (Å²) < 4.78 is 15.4. The molecule has 0 bridgehead atoms. The van der Waals surface area contributed by atoms with E-state index in [0.717, 1.165) is 12.8 Å². The first-order valence-electron chi connectivity index (χ1n) is 8.51. The largest absolute Gasteiger partial charge is 0.497 e. The molecular weight excluding hydrogens is 308 g/mol. The summed E-state index contributed by atoms with van der Waals surface area (Å²) in [6.07, 6.45) is 3.82. The van der Waals surface area contributed by atoms with Gasteiger partial charge < -0.3 is 14.2 Å². The molecule has 0 fully saturated rings. The minimum absolute atomic E-state index is 0.192. The molecule has 0 saturated heterocycles. The maximum atomic E-state index is 11.7. The Morgan fingerprint density at radius 2 is 1.50 bits per heavy atom. The van der Waals surface area contributed by atoms with Gasteiger partial charge in [0.25, 0.3) is 0 Å². The third-order valence-corrected chi connectivity index (χ3v) is 3.49. The topological polar surface area (TPSA) is 61.8 Å². The van der Waals surface area contributed by atoms with E-state index in [0.29, 0.717) is 43.3 Å². The predicted molar refractivity (Wildman–Crippen MR) is 92.1 cm³/mol. The summed E-state index contributed by atoms with van der Waals surface area (Å²) in [6.45, 7) is 4.77. The zero-order valence-electron chi connectivity index (χ0n) is 14.9. The molecule has 0 N–H and O–H groups in total. The van der Waals surface area contributed by atoms with E-state index in [1.807, 2.05) is 0 Å². The lowest BCUT2D eigenvalue weighted by Crippen LogP contribution is -2.09. The number of carbonyl (C=O) groups is 2. The van der Waals surface area contributed by atoms with Gasteiger partial charge in [-0.15, -0.1) is 0 Å². The van der Waals surface area contributed by atoms with Crippen molar-refractivity contribution in [2.45, 2.75) is 52.4 Å². The van der Waals surface area contributed by atoms with E-state index in [1.165, 1.54) is 0 Å². The Morgan fingerprint density at radius 1 is 0.917 bits per heavy atom. The Hall–Kier alpha value is -2.04. The van der Waals surface area contributed by atoms with Crippen LogP contribution in [-0.2, 0) is 14.3 Å². The molecule has 0 atom stereocenters. The Bertz CT molecular complexity index is 493. The normalized spacial score (nSPS) is 10.5. The fourth-order valence-electron chi connectivity index (χ4n) is 2.11. The number of esters is 2. The molecule has 1 aromatic rings. The van der Waals surface area contributed by atoms with Crippen LogP contribution in [0.5, 0.6) is 11.5 Å². The molecule has 0 amide bonds. The first kappa shape index (κ1) is 20.0. The molecule has 134 valence electrons. The Morgan fingerprint density at radius 3 is 2.08 bits per heavy atom. The highest BCUT2D eigenvalue weighted by Gasteiger charge is 2.07. The maximum Gasteiger partial charge on any atom is 0.311 e. The summed E-state index contributed by atoms with van der Waals surface area (Å²) in [7, 11) is 1.58. The van der Waals surface area contributed by atoms with Gasteiger partial charge in [-0.05, 0) is 55.9 Å². The lowest BCUT2D eigenvalue weighted by molar-refractivity contribution is -0.144. The average molecular weight is 336 g/mol. The van der Waals surface area contributed by atoms with Gasteiger partial charge in [0.15, 0.2) is 0 Å². The fourth-order valence-corrected chi connectivity index (χ4v) is 2.11. The molecule has 1 aromatic carbocycles. The molecule has 0 aromatic heterocycles. The Kier molecular flexibility index (Phi) is 9.58. The van der Waals surface area contributed by atoms with Gasteiger partial charge in [-0.3, -0.25) is 9.59 Å². The minimum atomic E-state index is -0.300. The van der Waals surface area contributed by atoms with Gasteiger partial charge in [0, 0.05) is 12.8 Å². The number of hydrogen-bond donors (Lipinski definition) is 0. The van der Waals surface area contributed by atoms with Crippen LogP contribution < -0.4 is 9.47 Å². The highest BCUT2D eigenvalue weighted by atomic mass is 16.5. The summed E-state index contributed by atoms with van der Waals surface area (Å²) in [5.41, 5.74) is 0. The summed E-state index contributed by atoms with van der Waals surface area (Å²) >= 11 is 0. The van der Waals surface area contributed by atoms with E-state index < -0.39 is 0 Å². The van der Waals surface area contributed by atoms with Crippen LogP contribution in [0.4, 0.5) is 0 Å². The van der Waals surface area contributed by atoms with Gasteiger partial charge in [0.05, 0.1) is 13.7 Å². The fraction of sp³-hybridized carbons (Fsp3) is 0.579. The molecule has 0 aliphatic heterocycles. The Labute approximate surface area is 144 Å². The highest BCUT2D eigenvalue weighted by molar-refractivity contribution is 5.72. The number of ether oxygens (including phenoxy) is 3. The van der Waals surface area contributed by atoms with Crippen molar-refractivity contribution in [2.75, 3.05) is 13.7 Å². The molecule has 0 aliphatic rings. The first-order chi connectivity index (χ1) is 11.5. The zero-order chi connectivity index (χ0) is 17.8. The van der Waals surface area contributed by atoms with Crippen molar-refractivity contribution in [1.29, 1.82) is 0 Å². The highest BCUT2D eigenvalue weighted by Crippen LogP contribution is 2.17. The smallest absolute Gasteiger partial charge is 0.311 e. The van der Waals surface area contributed by atoms with Gasteiger partial charge in [-0.25, -0.2) is 0 Å². The molecule has 0 unspecified atom stereocenters. The van der Waals surface area contributed by atoms with Crippen molar-refractivity contribution in [3.8, 4) is 11.5 Å². The van der Waals surface area contributed by atoms with E-state index >= 15 is 0 Å². The van der Waals surface area contributed by atoms with Gasteiger partial charge in [-0.1, -0.05) is 13.8 Å².